The molecule has 0 fully saturated rings. The highest BCUT2D eigenvalue weighted by Crippen LogP contribution is 2.25. The van der Waals surface area contributed by atoms with Gasteiger partial charge in [-0.25, -0.2) is 4.98 Å². The molecule has 2 aromatic heterocycles. The summed E-state index contributed by atoms with van der Waals surface area (Å²) in [5.74, 6) is 2.87. The molecule has 0 bridgehead atoms. The zero-order valence-electron chi connectivity index (χ0n) is 13.3. The van der Waals surface area contributed by atoms with Gasteiger partial charge in [0.2, 0.25) is 5.89 Å². The van der Waals surface area contributed by atoms with Crippen LogP contribution >= 0.6 is 11.8 Å². The summed E-state index contributed by atoms with van der Waals surface area (Å²) in [5, 5.41) is 4.83. The SMILES string of the molecule is CCCCc1noc(CSc2nc3ccc(OCC)cc3[nH]2)n1. The van der Waals surface area contributed by atoms with Crippen LogP contribution in [0.4, 0.5) is 0 Å². The number of thioether (sulfide) groups is 1. The zero-order valence-corrected chi connectivity index (χ0v) is 14.2. The lowest BCUT2D eigenvalue weighted by atomic mass is 10.2. The molecule has 0 aliphatic carbocycles. The topological polar surface area (TPSA) is 76.8 Å². The number of hydrogen-bond donors (Lipinski definition) is 1. The standard InChI is InChI=1S/C16H20N4O2S/c1-3-5-6-14-19-15(22-20-14)10-23-16-17-12-8-7-11(21-4-2)9-13(12)18-16/h7-9H,3-6,10H2,1-2H3,(H,17,18). The molecule has 1 N–H and O–H groups in total. The first-order chi connectivity index (χ1) is 11.3. The molecule has 0 aliphatic rings. The zero-order chi connectivity index (χ0) is 16.1. The molecule has 0 spiro atoms. The van der Waals surface area contributed by atoms with Crippen molar-refractivity contribution in [2.45, 2.75) is 44.0 Å². The molecular formula is C16H20N4O2S. The van der Waals surface area contributed by atoms with Gasteiger partial charge < -0.3 is 14.2 Å². The van der Waals surface area contributed by atoms with Crippen molar-refractivity contribution in [1.82, 2.24) is 20.1 Å². The molecule has 0 saturated carbocycles. The predicted molar refractivity (Wildman–Crippen MR) is 89.7 cm³/mol. The van der Waals surface area contributed by atoms with E-state index in [9.17, 15) is 0 Å². The molecule has 0 radical (unpaired) electrons. The van der Waals surface area contributed by atoms with Crippen molar-refractivity contribution in [2.24, 2.45) is 0 Å². The number of ether oxygens (including phenoxy) is 1. The van der Waals surface area contributed by atoms with E-state index in [2.05, 4.69) is 27.0 Å². The summed E-state index contributed by atoms with van der Waals surface area (Å²) in [6.07, 6.45) is 3.08. The first-order valence-corrected chi connectivity index (χ1v) is 8.84. The molecular weight excluding hydrogens is 312 g/mol. The smallest absolute Gasteiger partial charge is 0.237 e. The van der Waals surface area contributed by atoms with Crippen LogP contribution in [0.1, 0.15) is 38.4 Å². The monoisotopic (exact) mass is 332 g/mol. The third kappa shape index (κ3) is 4.04. The van der Waals surface area contributed by atoms with Crippen LogP contribution in [0.3, 0.4) is 0 Å². The first-order valence-electron chi connectivity index (χ1n) is 7.85. The minimum absolute atomic E-state index is 0.608. The summed E-state index contributed by atoms with van der Waals surface area (Å²) in [6.45, 7) is 4.77. The van der Waals surface area contributed by atoms with Gasteiger partial charge in [-0.3, -0.25) is 0 Å². The lowest BCUT2D eigenvalue weighted by Gasteiger charge is -2.00. The molecule has 2 heterocycles. The van der Waals surface area contributed by atoms with Gasteiger partial charge in [-0.05, 0) is 25.5 Å². The van der Waals surface area contributed by atoms with Crippen LogP contribution in [-0.2, 0) is 12.2 Å². The molecule has 122 valence electrons. The number of fused-ring (bicyclic) bond motifs is 1. The number of rotatable bonds is 8. The van der Waals surface area contributed by atoms with E-state index in [1.165, 1.54) is 0 Å². The second-order valence-electron chi connectivity index (χ2n) is 5.15. The highest BCUT2D eigenvalue weighted by atomic mass is 32.2. The number of aromatic nitrogens is 4. The van der Waals surface area contributed by atoms with E-state index in [0.29, 0.717) is 18.3 Å². The maximum atomic E-state index is 5.50. The molecule has 0 aliphatic heterocycles. The molecule has 7 heteroatoms. The Morgan fingerprint density at radius 3 is 3.00 bits per heavy atom. The molecule has 1 aromatic carbocycles. The fourth-order valence-electron chi connectivity index (χ4n) is 2.21. The van der Waals surface area contributed by atoms with Crippen molar-refractivity contribution in [1.29, 1.82) is 0 Å². The van der Waals surface area contributed by atoms with Gasteiger partial charge in [0.25, 0.3) is 0 Å². The normalized spacial score (nSPS) is 11.2. The number of aryl methyl sites for hydroxylation is 1. The van der Waals surface area contributed by atoms with Gasteiger partial charge in [0.15, 0.2) is 11.0 Å². The Balaban J connectivity index is 1.63. The van der Waals surface area contributed by atoms with Gasteiger partial charge in [-0.1, -0.05) is 30.3 Å². The number of nitrogens with one attached hydrogen (secondary N) is 1. The van der Waals surface area contributed by atoms with Crippen LogP contribution in [0.5, 0.6) is 5.75 Å². The summed E-state index contributed by atoms with van der Waals surface area (Å²) < 4.78 is 10.8. The highest BCUT2D eigenvalue weighted by molar-refractivity contribution is 7.98. The van der Waals surface area contributed by atoms with Crippen molar-refractivity contribution in [2.75, 3.05) is 6.61 Å². The van der Waals surface area contributed by atoms with Crippen LogP contribution in [0, 0.1) is 0 Å². The molecule has 0 atom stereocenters. The molecule has 3 rings (SSSR count). The summed E-state index contributed by atoms with van der Waals surface area (Å²) >= 11 is 1.55. The van der Waals surface area contributed by atoms with Crippen LogP contribution in [0.25, 0.3) is 11.0 Å². The van der Waals surface area contributed by atoms with Gasteiger partial charge in [0.1, 0.15) is 5.75 Å². The molecule has 23 heavy (non-hydrogen) atoms. The maximum absolute atomic E-state index is 5.50. The van der Waals surface area contributed by atoms with Gasteiger partial charge in [0.05, 0.1) is 23.4 Å². The lowest BCUT2D eigenvalue weighted by molar-refractivity contribution is 0.340. The Morgan fingerprint density at radius 1 is 1.26 bits per heavy atom. The molecule has 0 unspecified atom stereocenters. The van der Waals surface area contributed by atoms with E-state index in [0.717, 1.165) is 47.0 Å². The average Bonchev–Trinajstić information content (AvgIpc) is 3.17. The number of hydrogen-bond acceptors (Lipinski definition) is 6. The first kappa shape index (κ1) is 15.9. The van der Waals surface area contributed by atoms with Crippen LogP contribution in [-0.4, -0.2) is 26.7 Å². The van der Waals surface area contributed by atoms with Crippen LogP contribution in [0.15, 0.2) is 27.9 Å². The van der Waals surface area contributed by atoms with Crippen LogP contribution in [0.2, 0.25) is 0 Å². The number of H-pyrrole nitrogens is 1. The van der Waals surface area contributed by atoms with Gasteiger partial charge in [0, 0.05) is 12.5 Å². The predicted octanol–water partition coefficient (Wildman–Crippen LogP) is 3.98. The van der Waals surface area contributed by atoms with E-state index < -0.39 is 0 Å². The summed E-state index contributed by atoms with van der Waals surface area (Å²) in [5.41, 5.74) is 1.89. The number of imidazole rings is 1. The van der Waals surface area contributed by atoms with Crippen molar-refractivity contribution >= 4 is 22.8 Å². The second kappa shape index (κ2) is 7.50. The average molecular weight is 332 g/mol. The molecule has 0 amide bonds. The Hall–Kier alpha value is -2.02. The largest absolute Gasteiger partial charge is 0.494 e. The van der Waals surface area contributed by atoms with Gasteiger partial charge in [-0.2, -0.15) is 4.98 Å². The Morgan fingerprint density at radius 2 is 2.17 bits per heavy atom. The van der Waals surface area contributed by atoms with E-state index >= 15 is 0 Å². The quantitative estimate of drug-likeness (QED) is 0.629. The third-order valence-corrected chi connectivity index (χ3v) is 4.20. The lowest BCUT2D eigenvalue weighted by Crippen LogP contribution is -1.90. The van der Waals surface area contributed by atoms with Crippen molar-refractivity contribution < 1.29 is 9.26 Å². The Bertz CT molecular complexity index is 768. The molecule has 3 aromatic rings. The number of aromatic amines is 1. The maximum Gasteiger partial charge on any atom is 0.237 e. The Kier molecular flexibility index (Phi) is 5.17. The highest BCUT2D eigenvalue weighted by Gasteiger charge is 2.09. The van der Waals surface area contributed by atoms with Crippen molar-refractivity contribution in [3.05, 3.63) is 29.9 Å². The van der Waals surface area contributed by atoms with Crippen molar-refractivity contribution in [3.8, 4) is 5.75 Å². The minimum atomic E-state index is 0.608. The van der Waals surface area contributed by atoms with E-state index in [4.69, 9.17) is 9.26 Å². The van der Waals surface area contributed by atoms with Crippen LogP contribution < -0.4 is 4.74 Å². The minimum Gasteiger partial charge on any atom is -0.494 e. The van der Waals surface area contributed by atoms with E-state index in [-0.39, 0.29) is 0 Å². The third-order valence-electron chi connectivity index (χ3n) is 3.34. The summed E-state index contributed by atoms with van der Waals surface area (Å²) in [6, 6.07) is 5.85. The number of unbranched alkanes of at least 4 members (excludes halogenated alkanes) is 1. The van der Waals surface area contributed by atoms with Crippen molar-refractivity contribution in [3.63, 3.8) is 0 Å². The molecule has 6 nitrogen and oxygen atoms in total. The fourth-order valence-corrected chi connectivity index (χ4v) is 2.93. The molecule has 0 saturated heterocycles. The van der Waals surface area contributed by atoms with E-state index in [1.54, 1.807) is 11.8 Å². The summed E-state index contributed by atoms with van der Waals surface area (Å²) in [4.78, 5) is 12.2. The Labute approximate surface area is 139 Å². The number of benzene rings is 1. The second-order valence-corrected chi connectivity index (χ2v) is 6.11. The van der Waals surface area contributed by atoms with E-state index in [1.807, 2.05) is 25.1 Å². The fraction of sp³-hybridized carbons (Fsp3) is 0.438. The van der Waals surface area contributed by atoms with Gasteiger partial charge >= 0.3 is 0 Å². The van der Waals surface area contributed by atoms with Gasteiger partial charge in [-0.15, -0.1) is 0 Å². The number of nitrogens with zero attached hydrogens (tertiary/aromatic N) is 3. The summed E-state index contributed by atoms with van der Waals surface area (Å²) in [7, 11) is 0.